The van der Waals surface area contributed by atoms with E-state index in [-0.39, 0.29) is 22.5 Å². The monoisotopic (exact) mass is 335 g/mol. The molecular formula is C13H22ClN3O3S. The van der Waals surface area contributed by atoms with E-state index in [9.17, 15) is 13.2 Å². The number of nitrogens with one attached hydrogen (secondary N) is 1. The molecule has 120 valence electrons. The molecule has 0 fully saturated rings. The first-order chi connectivity index (χ1) is 9.61. The van der Waals surface area contributed by atoms with Crippen LogP contribution < -0.4 is 0 Å². The highest BCUT2D eigenvalue weighted by atomic mass is 35.7. The molecule has 1 N–H and O–H groups in total. The summed E-state index contributed by atoms with van der Waals surface area (Å²) in [6, 6.07) is -0.0532. The Morgan fingerprint density at radius 1 is 1.33 bits per heavy atom. The molecule has 8 heteroatoms. The number of carbonyl (C=O) groups is 1. The highest BCUT2D eigenvalue weighted by Crippen LogP contribution is 2.28. The lowest BCUT2D eigenvalue weighted by Gasteiger charge is -2.25. The average Bonchev–Trinajstić information content (AvgIpc) is 2.79. The predicted molar refractivity (Wildman–Crippen MR) is 82.2 cm³/mol. The summed E-state index contributed by atoms with van der Waals surface area (Å²) in [6.07, 6.45) is 0.772. The number of hydrogen-bond donors (Lipinski definition) is 1. The van der Waals surface area contributed by atoms with Gasteiger partial charge in [0, 0.05) is 23.3 Å². The Hall–Kier alpha value is -1.08. The van der Waals surface area contributed by atoms with Crippen LogP contribution in [0.5, 0.6) is 0 Å². The Bertz CT molecular complexity index is 608. The average molecular weight is 336 g/mol. The van der Waals surface area contributed by atoms with Gasteiger partial charge < -0.3 is 4.90 Å². The van der Waals surface area contributed by atoms with Crippen LogP contribution in [-0.4, -0.2) is 42.0 Å². The van der Waals surface area contributed by atoms with Crippen LogP contribution in [0, 0.1) is 0 Å². The zero-order chi connectivity index (χ0) is 16.4. The number of amides is 1. The second kappa shape index (κ2) is 6.79. The van der Waals surface area contributed by atoms with Crippen molar-refractivity contribution in [1.82, 2.24) is 15.1 Å². The summed E-state index contributed by atoms with van der Waals surface area (Å²) in [4.78, 5) is 14.0. The molecule has 0 aliphatic rings. The minimum absolute atomic E-state index is 0.0532. The summed E-state index contributed by atoms with van der Waals surface area (Å²) in [5.41, 5.74) is 0.226. The van der Waals surface area contributed by atoms with Crippen LogP contribution in [0.25, 0.3) is 0 Å². The first-order valence-corrected chi connectivity index (χ1v) is 9.26. The minimum atomic E-state index is -4.05. The molecule has 1 rings (SSSR count). The van der Waals surface area contributed by atoms with E-state index in [0.717, 1.165) is 6.42 Å². The normalized spacial score (nSPS) is 12.2. The van der Waals surface area contributed by atoms with E-state index in [2.05, 4.69) is 10.2 Å². The third-order valence-electron chi connectivity index (χ3n) is 3.12. The first-order valence-electron chi connectivity index (χ1n) is 6.95. The lowest BCUT2D eigenvalue weighted by atomic mass is 10.1. The van der Waals surface area contributed by atoms with E-state index < -0.39 is 15.0 Å². The van der Waals surface area contributed by atoms with Crippen molar-refractivity contribution in [3.8, 4) is 0 Å². The van der Waals surface area contributed by atoms with Gasteiger partial charge in [0.1, 0.15) is 4.90 Å². The second-order valence-electron chi connectivity index (χ2n) is 5.50. The number of H-pyrrole nitrogens is 1. The van der Waals surface area contributed by atoms with Crippen molar-refractivity contribution in [2.24, 2.45) is 0 Å². The third-order valence-corrected chi connectivity index (χ3v) is 4.48. The fourth-order valence-corrected chi connectivity index (χ4v) is 3.48. The Morgan fingerprint density at radius 3 is 2.29 bits per heavy atom. The number of aromatic nitrogens is 2. The summed E-state index contributed by atoms with van der Waals surface area (Å²) >= 11 is 0. The van der Waals surface area contributed by atoms with Crippen LogP contribution in [0.15, 0.2) is 4.90 Å². The standard InChI is InChI=1S/C13H22ClN3O3S/c1-6-7-17(9(4)5)13(18)11-12(21(14,19)20)10(8(2)3)15-16-11/h8-9H,6-7H2,1-5H3,(H,15,16). The topological polar surface area (TPSA) is 83.1 Å². The van der Waals surface area contributed by atoms with E-state index in [1.54, 1.807) is 18.7 Å². The first kappa shape index (κ1) is 18.0. The predicted octanol–water partition coefficient (Wildman–Crippen LogP) is 2.72. The number of rotatable bonds is 6. The van der Waals surface area contributed by atoms with Crippen LogP contribution in [0.2, 0.25) is 0 Å². The molecule has 0 aliphatic heterocycles. The highest BCUT2D eigenvalue weighted by molar-refractivity contribution is 8.13. The van der Waals surface area contributed by atoms with Crippen LogP contribution >= 0.6 is 10.7 Å². The van der Waals surface area contributed by atoms with E-state index in [4.69, 9.17) is 10.7 Å². The maximum absolute atomic E-state index is 12.6. The van der Waals surface area contributed by atoms with Gasteiger partial charge in [0.2, 0.25) is 0 Å². The molecule has 0 atom stereocenters. The summed E-state index contributed by atoms with van der Waals surface area (Å²) in [7, 11) is 1.45. The zero-order valence-corrected chi connectivity index (χ0v) is 14.5. The van der Waals surface area contributed by atoms with E-state index in [0.29, 0.717) is 12.2 Å². The maximum Gasteiger partial charge on any atom is 0.276 e. The summed E-state index contributed by atoms with van der Waals surface area (Å²) in [5.74, 6) is -0.560. The summed E-state index contributed by atoms with van der Waals surface area (Å²) in [6.45, 7) is 9.84. The van der Waals surface area contributed by atoms with Crippen LogP contribution in [0.4, 0.5) is 0 Å². The molecule has 1 amide bonds. The molecule has 0 unspecified atom stereocenters. The smallest absolute Gasteiger partial charge is 0.276 e. The quantitative estimate of drug-likeness (QED) is 0.810. The lowest BCUT2D eigenvalue weighted by Crippen LogP contribution is -2.38. The summed E-state index contributed by atoms with van der Waals surface area (Å²) < 4.78 is 23.7. The Labute approximate surface area is 130 Å². The Morgan fingerprint density at radius 2 is 1.90 bits per heavy atom. The Balaban J connectivity index is 3.40. The molecule has 0 spiro atoms. The van der Waals surface area contributed by atoms with E-state index in [1.807, 2.05) is 20.8 Å². The van der Waals surface area contributed by atoms with Gasteiger partial charge in [0.05, 0.1) is 5.69 Å². The third kappa shape index (κ3) is 3.97. The number of carbonyl (C=O) groups excluding carboxylic acids is 1. The summed E-state index contributed by atoms with van der Waals surface area (Å²) in [5, 5.41) is 6.55. The molecule has 0 saturated carbocycles. The molecule has 0 aliphatic carbocycles. The molecule has 1 aromatic heterocycles. The van der Waals surface area contributed by atoms with Crippen molar-refractivity contribution in [3.05, 3.63) is 11.4 Å². The van der Waals surface area contributed by atoms with Crippen molar-refractivity contribution < 1.29 is 13.2 Å². The Kier molecular flexibility index (Phi) is 5.81. The molecule has 0 aromatic carbocycles. The van der Waals surface area contributed by atoms with Crippen molar-refractivity contribution in [1.29, 1.82) is 0 Å². The number of hydrogen-bond acceptors (Lipinski definition) is 4. The van der Waals surface area contributed by atoms with E-state index in [1.165, 1.54) is 0 Å². The fraction of sp³-hybridized carbons (Fsp3) is 0.692. The second-order valence-corrected chi connectivity index (χ2v) is 8.00. The lowest BCUT2D eigenvalue weighted by molar-refractivity contribution is 0.0696. The van der Waals surface area contributed by atoms with Gasteiger partial charge in [-0.05, 0) is 26.2 Å². The molecule has 1 heterocycles. The molecule has 21 heavy (non-hydrogen) atoms. The molecule has 0 radical (unpaired) electrons. The van der Waals surface area contributed by atoms with Gasteiger partial charge in [-0.1, -0.05) is 20.8 Å². The van der Waals surface area contributed by atoms with Gasteiger partial charge in [0.15, 0.2) is 5.69 Å². The minimum Gasteiger partial charge on any atom is -0.335 e. The molecule has 0 bridgehead atoms. The number of halogens is 1. The van der Waals surface area contributed by atoms with Gasteiger partial charge in [-0.2, -0.15) is 5.10 Å². The number of nitrogens with zero attached hydrogens (tertiary/aromatic N) is 2. The van der Waals surface area contributed by atoms with E-state index >= 15 is 0 Å². The van der Waals surface area contributed by atoms with Crippen LogP contribution in [0.3, 0.4) is 0 Å². The van der Waals surface area contributed by atoms with Crippen molar-refractivity contribution in [2.45, 2.75) is 57.9 Å². The molecular weight excluding hydrogens is 314 g/mol. The van der Waals surface area contributed by atoms with Gasteiger partial charge >= 0.3 is 0 Å². The largest absolute Gasteiger partial charge is 0.335 e. The van der Waals surface area contributed by atoms with Gasteiger partial charge in [-0.25, -0.2) is 8.42 Å². The van der Waals surface area contributed by atoms with Gasteiger partial charge in [0.25, 0.3) is 15.0 Å². The van der Waals surface area contributed by atoms with Gasteiger partial charge in [-0.3, -0.25) is 9.89 Å². The fourth-order valence-electron chi connectivity index (χ4n) is 2.10. The highest BCUT2D eigenvalue weighted by Gasteiger charge is 2.32. The molecule has 6 nitrogen and oxygen atoms in total. The van der Waals surface area contributed by atoms with Crippen molar-refractivity contribution in [3.63, 3.8) is 0 Å². The molecule has 0 saturated heterocycles. The van der Waals surface area contributed by atoms with Crippen molar-refractivity contribution >= 4 is 25.6 Å². The van der Waals surface area contributed by atoms with Gasteiger partial charge in [-0.15, -0.1) is 0 Å². The van der Waals surface area contributed by atoms with Crippen molar-refractivity contribution in [2.75, 3.05) is 6.54 Å². The number of aromatic amines is 1. The zero-order valence-electron chi connectivity index (χ0n) is 13.0. The van der Waals surface area contributed by atoms with Crippen LogP contribution in [-0.2, 0) is 9.05 Å². The SMILES string of the molecule is CCCN(C(=O)c1n[nH]c(C(C)C)c1S(=O)(=O)Cl)C(C)C. The van der Waals surface area contributed by atoms with Crippen LogP contribution in [0.1, 0.15) is 63.1 Å². The molecule has 1 aromatic rings. The maximum atomic E-state index is 12.6.